The molecule has 0 spiro atoms. The molecule has 0 amide bonds. The number of aryl methyl sites for hydroxylation is 1. The number of benzene rings is 1. The van der Waals surface area contributed by atoms with E-state index >= 15 is 0 Å². The van der Waals surface area contributed by atoms with Crippen molar-refractivity contribution >= 4 is 10.9 Å². The van der Waals surface area contributed by atoms with Crippen LogP contribution in [0.2, 0.25) is 0 Å². The van der Waals surface area contributed by atoms with Crippen LogP contribution in [-0.2, 0) is 17.7 Å². The Bertz CT molecular complexity index is 1130. The van der Waals surface area contributed by atoms with Gasteiger partial charge in [0.05, 0.1) is 12.6 Å². The van der Waals surface area contributed by atoms with Crippen LogP contribution in [0.3, 0.4) is 0 Å². The number of aromatic amines is 1. The maximum absolute atomic E-state index is 13.3. The number of nitrogens with zero attached hydrogens (tertiary/aromatic N) is 5. The number of fused-ring (bicyclic) bond motifs is 1. The summed E-state index contributed by atoms with van der Waals surface area (Å²) in [7, 11) is 0. The summed E-state index contributed by atoms with van der Waals surface area (Å²) in [6, 6.07) is 8.00. The topological polar surface area (TPSA) is 88.9 Å². The second-order valence-corrected chi connectivity index (χ2v) is 9.33. The van der Waals surface area contributed by atoms with E-state index in [2.05, 4.69) is 51.4 Å². The molecule has 1 N–H and O–H groups in total. The van der Waals surface area contributed by atoms with Gasteiger partial charge >= 0.3 is 0 Å². The Morgan fingerprint density at radius 3 is 2.94 bits per heavy atom. The van der Waals surface area contributed by atoms with Gasteiger partial charge in [0, 0.05) is 24.2 Å². The smallest absolute Gasteiger partial charge is 0.253 e. The van der Waals surface area contributed by atoms with Crippen LogP contribution in [0.25, 0.3) is 10.9 Å². The fourth-order valence-corrected chi connectivity index (χ4v) is 5.17. The molecule has 32 heavy (non-hydrogen) atoms. The molecule has 8 heteroatoms. The third-order valence-corrected chi connectivity index (χ3v) is 6.90. The molecule has 2 aromatic heterocycles. The number of piperidine rings is 1. The minimum absolute atomic E-state index is 0.0726. The van der Waals surface area contributed by atoms with Crippen molar-refractivity contribution in [3.63, 3.8) is 0 Å². The van der Waals surface area contributed by atoms with Crippen molar-refractivity contribution in [2.75, 3.05) is 19.7 Å². The molecule has 0 bridgehead atoms. The molecule has 2 saturated heterocycles. The summed E-state index contributed by atoms with van der Waals surface area (Å²) in [5, 5.41) is 13.8. The summed E-state index contributed by atoms with van der Waals surface area (Å²) in [5.74, 6) is 1.30. The summed E-state index contributed by atoms with van der Waals surface area (Å²) < 4.78 is 7.69. The number of aromatic nitrogens is 5. The van der Waals surface area contributed by atoms with Gasteiger partial charge in [-0.05, 0) is 84.1 Å². The van der Waals surface area contributed by atoms with Crippen LogP contribution >= 0.6 is 0 Å². The Labute approximate surface area is 188 Å². The quantitative estimate of drug-likeness (QED) is 0.639. The minimum Gasteiger partial charge on any atom is -0.376 e. The Morgan fingerprint density at radius 2 is 2.16 bits per heavy atom. The SMILES string of the molecule is CCc1ccc2[nH]c(=O)c(C(c3nnnn3CC3CCCO3)N3CCCC(C)C3)cc2c1. The zero-order valence-corrected chi connectivity index (χ0v) is 19.0. The highest BCUT2D eigenvalue weighted by atomic mass is 16.5. The fourth-order valence-electron chi connectivity index (χ4n) is 5.17. The van der Waals surface area contributed by atoms with Crippen LogP contribution in [0.5, 0.6) is 0 Å². The first-order chi connectivity index (χ1) is 15.6. The van der Waals surface area contributed by atoms with Crippen LogP contribution < -0.4 is 5.56 Å². The molecule has 2 aliphatic heterocycles. The normalized spacial score (nSPS) is 23.1. The molecule has 1 aromatic carbocycles. The molecular weight excluding hydrogens is 404 g/mol. The standard InChI is InChI=1S/C24H32N6O2/c1-3-17-8-9-21-18(12-17)13-20(24(31)25-21)22(29-10-4-6-16(2)14-29)23-26-27-28-30(23)15-19-7-5-11-32-19/h8-9,12-13,16,19,22H,3-7,10-11,14-15H2,1-2H3,(H,25,31). The predicted molar refractivity (Wildman–Crippen MR) is 123 cm³/mol. The Balaban J connectivity index is 1.60. The van der Waals surface area contributed by atoms with Crippen LogP contribution in [0.4, 0.5) is 0 Å². The summed E-state index contributed by atoms with van der Waals surface area (Å²) in [6.07, 6.45) is 5.48. The average Bonchev–Trinajstić information content (AvgIpc) is 3.47. The highest BCUT2D eigenvalue weighted by Gasteiger charge is 2.33. The molecule has 8 nitrogen and oxygen atoms in total. The molecule has 3 unspecified atom stereocenters. The fraction of sp³-hybridized carbons (Fsp3) is 0.583. The molecule has 2 aliphatic rings. The van der Waals surface area contributed by atoms with Gasteiger partial charge in [-0.15, -0.1) is 5.10 Å². The van der Waals surface area contributed by atoms with Crippen molar-refractivity contribution in [1.82, 2.24) is 30.1 Å². The van der Waals surface area contributed by atoms with E-state index in [0.29, 0.717) is 18.0 Å². The van der Waals surface area contributed by atoms with Crippen molar-refractivity contribution < 1.29 is 4.74 Å². The first-order valence-corrected chi connectivity index (χ1v) is 11.9. The lowest BCUT2D eigenvalue weighted by Gasteiger charge is -2.36. The zero-order valence-electron chi connectivity index (χ0n) is 19.0. The van der Waals surface area contributed by atoms with Crippen molar-refractivity contribution in [1.29, 1.82) is 0 Å². The number of likely N-dealkylation sites (tertiary alicyclic amines) is 1. The summed E-state index contributed by atoms with van der Waals surface area (Å²) in [4.78, 5) is 18.8. The van der Waals surface area contributed by atoms with Crippen LogP contribution in [-0.4, -0.2) is 55.9 Å². The van der Waals surface area contributed by atoms with Crippen molar-refractivity contribution in [3.05, 3.63) is 51.6 Å². The van der Waals surface area contributed by atoms with Gasteiger partial charge in [-0.2, -0.15) is 0 Å². The van der Waals surface area contributed by atoms with E-state index in [9.17, 15) is 4.79 Å². The molecule has 5 rings (SSSR count). The maximum Gasteiger partial charge on any atom is 0.253 e. The van der Waals surface area contributed by atoms with Gasteiger partial charge in [0.25, 0.3) is 5.56 Å². The maximum atomic E-state index is 13.3. The van der Waals surface area contributed by atoms with Gasteiger partial charge in [0.15, 0.2) is 5.82 Å². The van der Waals surface area contributed by atoms with Gasteiger partial charge in [-0.25, -0.2) is 4.68 Å². The van der Waals surface area contributed by atoms with E-state index in [0.717, 1.165) is 62.1 Å². The lowest BCUT2D eigenvalue weighted by Crippen LogP contribution is -2.41. The summed E-state index contributed by atoms with van der Waals surface area (Å²) in [5.41, 5.74) is 2.75. The minimum atomic E-state index is -0.285. The number of rotatable bonds is 6. The third kappa shape index (κ3) is 4.21. The lowest BCUT2D eigenvalue weighted by molar-refractivity contribution is 0.0889. The lowest BCUT2D eigenvalue weighted by atomic mass is 9.95. The Kier molecular flexibility index (Phi) is 6.06. The van der Waals surface area contributed by atoms with Gasteiger partial charge in [-0.3, -0.25) is 9.69 Å². The molecule has 170 valence electrons. The number of pyridine rings is 1. The van der Waals surface area contributed by atoms with E-state index < -0.39 is 0 Å². The Morgan fingerprint density at radius 1 is 1.25 bits per heavy atom. The number of tetrazole rings is 1. The molecule has 3 aromatic rings. The van der Waals surface area contributed by atoms with Crippen LogP contribution in [0, 0.1) is 5.92 Å². The number of nitrogens with one attached hydrogen (secondary N) is 1. The number of ether oxygens (including phenoxy) is 1. The molecule has 4 heterocycles. The monoisotopic (exact) mass is 436 g/mol. The van der Waals surface area contributed by atoms with E-state index in [1.165, 1.54) is 12.0 Å². The second kappa shape index (κ2) is 9.11. The van der Waals surface area contributed by atoms with Crippen LogP contribution in [0.15, 0.2) is 29.1 Å². The zero-order chi connectivity index (χ0) is 22.1. The first kappa shape index (κ1) is 21.3. The molecule has 2 fully saturated rings. The summed E-state index contributed by atoms with van der Waals surface area (Å²) in [6.45, 7) is 7.67. The highest BCUT2D eigenvalue weighted by Crippen LogP contribution is 2.31. The van der Waals surface area contributed by atoms with E-state index in [4.69, 9.17) is 4.74 Å². The van der Waals surface area contributed by atoms with Crippen LogP contribution in [0.1, 0.15) is 62.5 Å². The number of hydrogen-bond acceptors (Lipinski definition) is 6. The average molecular weight is 437 g/mol. The molecule has 0 saturated carbocycles. The van der Waals surface area contributed by atoms with Gasteiger partial charge in [-0.1, -0.05) is 19.9 Å². The van der Waals surface area contributed by atoms with E-state index in [1.807, 2.05) is 16.8 Å². The number of H-pyrrole nitrogens is 1. The van der Waals surface area contributed by atoms with E-state index in [-0.39, 0.29) is 17.7 Å². The van der Waals surface area contributed by atoms with Crippen molar-refractivity contribution in [3.8, 4) is 0 Å². The van der Waals surface area contributed by atoms with Gasteiger partial charge in [0.1, 0.15) is 6.04 Å². The highest BCUT2D eigenvalue weighted by molar-refractivity contribution is 5.80. The van der Waals surface area contributed by atoms with Gasteiger partial charge < -0.3 is 9.72 Å². The third-order valence-electron chi connectivity index (χ3n) is 6.90. The second-order valence-electron chi connectivity index (χ2n) is 9.33. The summed E-state index contributed by atoms with van der Waals surface area (Å²) >= 11 is 0. The molecule has 0 aliphatic carbocycles. The number of hydrogen-bond donors (Lipinski definition) is 1. The largest absolute Gasteiger partial charge is 0.376 e. The molecule has 3 atom stereocenters. The van der Waals surface area contributed by atoms with E-state index in [1.54, 1.807) is 0 Å². The van der Waals surface area contributed by atoms with Crippen molar-refractivity contribution in [2.45, 2.75) is 64.6 Å². The molecule has 0 radical (unpaired) electrons. The molecular formula is C24H32N6O2. The van der Waals surface area contributed by atoms with Crippen molar-refractivity contribution in [2.24, 2.45) is 5.92 Å². The Hall–Kier alpha value is -2.58. The van der Waals surface area contributed by atoms with Gasteiger partial charge in [0.2, 0.25) is 0 Å². The first-order valence-electron chi connectivity index (χ1n) is 11.9. The predicted octanol–water partition coefficient (Wildman–Crippen LogP) is 3.08.